The first-order valence-electron chi connectivity index (χ1n) is 7.75. The second-order valence-corrected chi connectivity index (χ2v) is 6.19. The zero-order valence-electron chi connectivity index (χ0n) is 12.7. The zero-order valence-corrected chi connectivity index (χ0v) is 12.7. The van der Waals surface area contributed by atoms with Crippen LogP contribution in [0.25, 0.3) is 0 Å². The number of rotatable bonds is 5. The first-order chi connectivity index (χ1) is 9.52. The minimum Gasteiger partial charge on any atom is -0.339 e. The third-order valence-electron chi connectivity index (χ3n) is 4.43. The smallest absolute Gasteiger partial charge is 0.228 e. The van der Waals surface area contributed by atoms with Crippen LogP contribution in [0.4, 0.5) is 0 Å². The fourth-order valence-corrected chi connectivity index (χ4v) is 3.40. The molecule has 0 aromatic carbocycles. The van der Waals surface area contributed by atoms with Crippen molar-refractivity contribution < 1.29 is 9.59 Å². The number of carbonyl (C=O) groups is 2. The summed E-state index contributed by atoms with van der Waals surface area (Å²) in [6.07, 6.45) is 5.03. The van der Waals surface area contributed by atoms with Crippen LogP contribution in [-0.2, 0) is 9.59 Å². The number of amides is 2. The van der Waals surface area contributed by atoms with Crippen LogP contribution in [0.15, 0.2) is 12.2 Å². The summed E-state index contributed by atoms with van der Waals surface area (Å²) >= 11 is 0. The van der Waals surface area contributed by atoms with Crippen molar-refractivity contribution in [3.8, 4) is 0 Å². The van der Waals surface area contributed by atoms with Gasteiger partial charge < -0.3 is 9.80 Å². The van der Waals surface area contributed by atoms with Gasteiger partial charge in [-0.25, -0.2) is 0 Å². The molecule has 0 aromatic rings. The summed E-state index contributed by atoms with van der Waals surface area (Å²) in [5, 5.41) is 0. The number of nitrogens with zero attached hydrogens (tertiary/aromatic N) is 2. The van der Waals surface area contributed by atoms with Gasteiger partial charge in [0.15, 0.2) is 0 Å². The van der Waals surface area contributed by atoms with Crippen LogP contribution in [-0.4, -0.2) is 47.3 Å². The molecule has 2 fully saturated rings. The molecule has 2 amide bonds. The molecule has 2 aliphatic rings. The van der Waals surface area contributed by atoms with Crippen molar-refractivity contribution in [3.05, 3.63) is 12.2 Å². The maximum Gasteiger partial charge on any atom is 0.228 e. The average molecular weight is 278 g/mol. The summed E-state index contributed by atoms with van der Waals surface area (Å²) in [6.45, 7) is 9.68. The van der Waals surface area contributed by atoms with Crippen LogP contribution in [0.2, 0.25) is 0 Å². The second kappa shape index (κ2) is 6.42. The minimum atomic E-state index is -0.151. The fourth-order valence-electron chi connectivity index (χ4n) is 3.40. The molecule has 0 spiro atoms. The van der Waals surface area contributed by atoms with Gasteiger partial charge in [0.25, 0.3) is 0 Å². The average Bonchev–Trinajstić information content (AvgIpc) is 3.03. The topological polar surface area (TPSA) is 40.6 Å². The maximum absolute atomic E-state index is 12.5. The van der Waals surface area contributed by atoms with Crippen LogP contribution in [0, 0.1) is 5.92 Å². The van der Waals surface area contributed by atoms with E-state index in [0.717, 1.165) is 18.4 Å². The van der Waals surface area contributed by atoms with Gasteiger partial charge in [0.1, 0.15) is 0 Å². The SMILES string of the molecule is C=C(C)CN(CC)C(=O)C1CC(=O)N(C2CCCC2)C1. The van der Waals surface area contributed by atoms with Crippen molar-refractivity contribution in [2.45, 2.75) is 52.0 Å². The lowest BCUT2D eigenvalue weighted by molar-refractivity contribution is -0.135. The predicted octanol–water partition coefficient (Wildman–Crippen LogP) is 2.20. The van der Waals surface area contributed by atoms with Gasteiger partial charge in [-0.15, -0.1) is 0 Å². The van der Waals surface area contributed by atoms with Gasteiger partial charge >= 0.3 is 0 Å². The molecular weight excluding hydrogens is 252 g/mol. The van der Waals surface area contributed by atoms with E-state index in [2.05, 4.69) is 6.58 Å². The first kappa shape index (κ1) is 15.1. The molecule has 1 atom stereocenters. The Morgan fingerprint density at radius 2 is 2.05 bits per heavy atom. The molecule has 1 unspecified atom stereocenters. The van der Waals surface area contributed by atoms with Gasteiger partial charge in [0, 0.05) is 32.1 Å². The van der Waals surface area contributed by atoms with Crippen molar-refractivity contribution >= 4 is 11.8 Å². The van der Waals surface area contributed by atoms with Crippen molar-refractivity contribution in [3.63, 3.8) is 0 Å². The second-order valence-electron chi connectivity index (χ2n) is 6.19. The van der Waals surface area contributed by atoms with Gasteiger partial charge in [-0.05, 0) is 26.7 Å². The lowest BCUT2D eigenvalue weighted by Gasteiger charge is -2.26. The van der Waals surface area contributed by atoms with Crippen LogP contribution in [0.1, 0.15) is 46.0 Å². The van der Waals surface area contributed by atoms with Gasteiger partial charge in [-0.1, -0.05) is 25.0 Å². The molecule has 4 heteroatoms. The lowest BCUT2D eigenvalue weighted by atomic mass is 10.1. The molecule has 112 valence electrons. The van der Waals surface area contributed by atoms with Crippen LogP contribution < -0.4 is 0 Å². The van der Waals surface area contributed by atoms with Gasteiger partial charge in [-0.3, -0.25) is 9.59 Å². The highest BCUT2D eigenvalue weighted by Gasteiger charge is 2.39. The standard InChI is InChI=1S/C16H26N2O2/c1-4-17(10-12(2)3)16(20)13-9-15(19)18(11-13)14-7-5-6-8-14/h13-14H,2,4-11H2,1,3H3. The van der Waals surface area contributed by atoms with E-state index in [1.807, 2.05) is 23.6 Å². The minimum absolute atomic E-state index is 0.115. The molecule has 20 heavy (non-hydrogen) atoms. The third kappa shape index (κ3) is 3.22. The van der Waals surface area contributed by atoms with Crippen molar-refractivity contribution in [1.29, 1.82) is 0 Å². The Kier molecular flexibility index (Phi) is 4.84. The maximum atomic E-state index is 12.5. The summed E-state index contributed by atoms with van der Waals surface area (Å²) in [5.74, 6) is 0.133. The highest BCUT2D eigenvalue weighted by atomic mass is 16.2. The van der Waals surface area contributed by atoms with Gasteiger partial charge in [0.05, 0.1) is 5.92 Å². The van der Waals surface area contributed by atoms with Crippen molar-refractivity contribution in [1.82, 2.24) is 9.80 Å². The first-order valence-corrected chi connectivity index (χ1v) is 7.75. The molecule has 1 aliphatic heterocycles. The van der Waals surface area contributed by atoms with Crippen LogP contribution in [0.3, 0.4) is 0 Å². The van der Waals surface area contributed by atoms with Gasteiger partial charge in [-0.2, -0.15) is 0 Å². The van der Waals surface area contributed by atoms with Crippen LogP contribution in [0.5, 0.6) is 0 Å². The summed E-state index contributed by atoms with van der Waals surface area (Å²) in [7, 11) is 0. The molecule has 0 radical (unpaired) electrons. The van der Waals surface area contributed by atoms with E-state index in [9.17, 15) is 9.59 Å². The monoisotopic (exact) mass is 278 g/mol. The Hall–Kier alpha value is -1.32. The molecule has 1 aliphatic carbocycles. The van der Waals surface area contributed by atoms with Gasteiger partial charge in [0.2, 0.25) is 11.8 Å². The number of likely N-dealkylation sites (tertiary alicyclic amines) is 1. The largest absolute Gasteiger partial charge is 0.339 e. The number of hydrogen-bond acceptors (Lipinski definition) is 2. The molecule has 0 N–H and O–H groups in total. The van der Waals surface area contributed by atoms with E-state index in [1.54, 1.807) is 0 Å². The van der Waals surface area contributed by atoms with Crippen molar-refractivity contribution in [2.75, 3.05) is 19.6 Å². The fraction of sp³-hybridized carbons (Fsp3) is 0.750. The zero-order chi connectivity index (χ0) is 14.7. The predicted molar refractivity (Wildman–Crippen MR) is 79.1 cm³/mol. The lowest BCUT2D eigenvalue weighted by Crippen LogP contribution is -2.39. The number of carbonyl (C=O) groups excluding carboxylic acids is 2. The number of likely N-dealkylation sites (N-methyl/N-ethyl adjacent to an activating group) is 1. The Balaban J connectivity index is 1.97. The molecule has 2 rings (SSSR count). The Bertz CT molecular complexity index is 399. The van der Waals surface area contributed by atoms with Crippen LogP contribution >= 0.6 is 0 Å². The molecule has 1 heterocycles. The molecule has 4 nitrogen and oxygen atoms in total. The summed E-state index contributed by atoms with van der Waals surface area (Å²) in [4.78, 5) is 28.5. The number of hydrogen-bond donors (Lipinski definition) is 0. The van der Waals surface area contributed by atoms with E-state index in [0.29, 0.717) is 32.1 Å². The highest BCUT2D eigenvalue weighted by molar-refractivity contribution is 5.89. The molecule has 1 saturated heterocycles. The molecule has 1 saturated carbocycles. The van der Waals surface area contributed by atoms with E-state index in [1.165, 1.54) is 12.8 Å². The third-order valence-corrected chi connectivity index (χ3v) is 4.43. The Morgan fingerprint density at radius 3 is 2.60 bits per heavy atom. The molecular formula is C16H26N2O2. The van der Waals surface area contributed by atoms with E-state index in [4.69, 9.17) is 0 Å². The quantitative estimate of drug-likeness (QED) is 0.723. The summed E-state index contributed by atoms with van der Waals surface area (Å²) in [6, 6.07) is 0.386. The van der Waals surface area contributed by atoms with E-state index in [-0.39, 0.29) is 17.7 Å². The summed E-state index contributed by atoms with van der Waals surface area (Å²) < 4.78 is 0. The Morgan fingerprint density at radius 1 is 1.40 bits per heavy atom. The van der Waals surface area contributed by atoms with E-state index >= 15 is 0 Å². The Labute approximate surface area is 121 Å². The van der Waals surface area contributed by atoms with E-state index < -0.39 is 0 Å². The summed E-state index contributed by atoms with van der Waals surface area (Å²) in [5.41, 5.74) is 0.983. The highest BCUT2D eigenvalue weighted by Crippen LogP contribution is 2.30. The molecule has 0 aromatic heterocycles. The van der Waals surface area contributed by atoms with Crippen molar-refractivity contribution in [2.24, 2.45) is 5.92 Å². The normalized spacial score (nSPS) is 23.4. The molecule has 0 bridgehead atoms.